The molecule has 0 aliphatic heterocycles. The minimum absolute atomic E-state index is 0.202. The van der Waals surface area contributed by atoms with E-state index in [0.29, 0.717) is 12.8 Å². The van der Waals surface area contributed by atoms with Crippen LogP contribution >= 0.6 is 0 Å². The maximum Gasteiger partial charge on any atom is 0.307 e. The van der Waals surface area contributed by atoms with E-state index in [4.69, 9.17) is 5.11 Å². The van der Waals surface area contributed by atoms with Gasteiger partial charge in [0.2, 0.25) is 5.91 Å². The SMILES string of the molecule is O=C(O)C1CCC1C(=O)Nc1cccc2[nH]ccc12. The Morgan fingerprint density at radius 2 is 2.00 bits per heavy atom. The normalized spacial score (nSPS) is 21.9. The van der Waals surface area contributed by atoms with Gasteiger partial charge in [0.05, 0.1) is 17.5 Å². The van der Waals surface area contributed by atoms with Crippen molar-refractivity contribution in [3.05, 3.63) is 30.5 Å². The van der Waals surface area contributed by atoms with E-state index in [1.54, 1.807) is 0 Å². The summed E-state index contributed by atoms with van der Waals surface area (Å²) in [6.07, 6.45) is 3.04. The van der Waals surface area contributed by atoms with Crippen molar-refractivity contribution in [2.24, 2.45) is 11.8 Å². The van der Waals surface area contributed by atoms with Gasteiger partial charge in [-0.05, 0) is 31.0 Å². The number of carboxylic acid groups (broad SMARTS) is 1. The molecule has 2 unspecified atom stereocenters. The summed E-state index contributed by atoms with van der Waals surface area (Å²) in [6.45, 7) is 0. The number of benzene rings is 1. The van der Waals surface area contributed by atoms with Crippen LogP contribution in [0.2, 0.25) is 0 Å². The van der Waals surface area contributed by atoms with Gasteiger partial charge in [0.15, 0.2) is 0 Å². The third kappa shape index (κ3) is 1.97. The van der Waals surface area contributed by atoms with Crippen molar-refractivity contribution in [3.63, 3.8) is 0 Å². The molecule has 0 saturated heterocycles. The first-order chi connectivity index (χ1) is 9.16. The van der Waals surface area contributed by atoms with Gasteiger partial charge in [-0.3, -0.25) is 9.59 Å². The van der Waals surface area contributed by atoms with Gasteiger partial charge in [-0.25, -0.2) is 0 Å². The molecule has 5 heteroatoms. The molecule has 1 aliphatic rings. The third-order valence-electron chi connectivity index (χ3n) is 3.78. The predicted octanol–water partition coefficient (Wildman–Crippen LogP) is 2.22. The summed E-state index contributed by atoms with van der Waals surface area (Å²) in [5, 5.41) is 12.7. The van der Waals surface area contributed by atoms with Crippen LogP contribution in [0.4, 0.5) is 5.69 Å². The molecule has 0 bridgehead atoms. The van der Waals surface area contributed by atoms with E-state index in [1.165, 1.54) is 0 Å². The van der Waals surface area contributed by atoms with Gasteiger partial charge in [0.1, 0.15) is 0 Å². The van der Waals surface area contributed by atoms with Crippen molar-refractivity contribution in [2.75, 3.05) is 5.32 Å². The Hall–Kier alpha value is -2.30. The van der Waals surface area contributed by atoms with Crippen LogP contribution in [0.5, 0.6) is 0 Å². The molecule has 1 aromatic heterocycles. The van der Waals surface area contributed by atoms with Crippen molar-refractivity contribution in [3.8, 4) is 0 Å². The molecular formula is C14H14N2O3. The number of fused-ring (bicyclic) bond motifs is 1. The number of carbonyl (C=O) groups is 2. The molecule has 0 radical (unpaired) electrons. The van der Waals surface area contributed by atoms with Crippen LogP contribution in [-0.4, -0.2) is 22.0 Å². The Labute approximate surface area is 109 Å². The zero-order valence-electron chi connectivity index (χ0n) is 10.2. The first-order valence-corrected chi connectivity index (χ1v) is 6.26. The molecule has 98 valence electrons. The van der Waals surface area contributed by atoms with Crippen molar-refractivity contribution in [1.29, 1.82) is 0 Å². The molecule has 1 aliphatic carbocycles. The topological polar surface area (TPSA) is 82.2 Å². The van der Waals surface area contributed by atoms with Gasteiger partial charge in [0, 0.05) is 17.1 Å². The average Bonchev–Trinajstić information content (AvgIpc) is 2.75. The fraction of sp³-hybridized carbons (Fsp3) is 0.286. The molecule has 2 aromatic rings. The van der Waals surface area contributed by atoms with E-state index < -0.39 is 17.8 Å². The first kappa shape index (κ1) is 11.8. The van der Waals surface area contributed by atoms with Crippen molar-refractivity contribution >= 4 is 28.5 Å². The summed E-state index contributed by atoms with van der Waals surface area (Å²) in [7, 11) is 0. The lowest BCUT2D eigenvalue weighted by Gasteiger charge is -2.31. The minimum Gasteiger partial charge on any atom is -0.481 e. The van der Waals surface area contributed by atoms with Crippen molar-refractivity contribution in [1.82, 2.24) is 4.98 Å². The summed E-state index contributed by atoms with van der Waals surface area (Å²) in [5.41, 5.74) is 1.67. The van der Waals surface area contributed by atoms with Gasteiger partial charge in [-0.15, -0.1) is 0 Å². The number of anilines is 1. The van der Waals surface area contributed by atoms with Crippen LogP contribution in [0.15, 0.2) is 30.5 Å². The molecule has 5 nitrogen and oxygen atoms in total. The maximum absolute atomic E-state index is 12.1. The number of nitrogens with one attached hydrogen (secondary N) is 2. The van der Waals surface area contributed by atoms with E-state index in [9.17, 15) is 9.59 Å². The van der Waals surface area contributed by atoms with Crippen molar-refractivity contribution < 1.29 is 14.7 Å². The standard InChI is InChI=1S/C14H14N2O3/c17-13(8-4-5-9(8)14(18)19)16-12-3-1-2-11-10(12)6-7-15-11/h1-3,6-9,15H,4-5H2,(H,16,17)(H,18,19). The average molecular weight is 258 g/mol. The molecule has 1 fully saturated rings. The molecule has 3 rings (SSSR count). The van der Waals surface area contributed by atoms with Crippen LogP contribution in [0.25, 0.3) is 10.9 Å². The second kappa shape index (κ2) is 4.42. The van der Waals surface area contributed by atoms with Crippen molar-refractivity contribution in [2.45, 2.75) is 12.8 Å². The number of aromatic amines is 1. The summed E-state index contributed by atoms with van der Waals surface area (Å²) < 4.78 is 0. The highest BCUT2D eigenvalue weighted by atomic mass is 16.4. The highest BCUT2D eigenvalue weighted by molar-refractivity contribution is 6.03. The van der Waals surface area contributed by atoms with Crippen LogP contribution in [0.1, 0.15) is 12.8 Å². The van der Waals surface area contributed by atoms with E-state index in [1.807, 2.05) is 30.5 Å². The van der Waals surface area contributed by atoms with Crippen LogP contribution in [0, 0.1) is 11.8 Å². The monoisotopic (exact) mass is 258 g/mol. The smallest absolute Gasteiger partial charge is 0.307 e. The fourth-order valence-corrected chi connectivity index (χ4v) is 2.53. The summed E-state index contributed by atoms with van der Waals surface area (Å²) >= 11 is 0. The molecule has 3 N–H and O–H groups in total. The number of hydrogen-bond acceptors (Lipinski definition) is 2. The molecule has 1 aromatic carbocycles. The quantitative estimate of drug-likeness (QED) is 0.789. The highest BCUT2D eigenvalue weighted by Crippen LogP contribution is 2.35. The lowest BCUT2D eigenvalue weighted by molar-refractivity contribution is -0.151. The lowest BCUT2D eigenvalue weighted by Crippen LogP contribution is -2.41. The Morgan fingerprint density at radius 3 is 2.68 bits per heavy atom. The second-order valence-electron chi connectivity index (χ2n) is 4.86. The third-order valence-corrected chi connectivity index (χ3v) is 3.78. The van der Waals surface area contributed by atoms with E-state index in [2.05, 4.69) is 10.3 Å². The number of aromatic nitrogens is 1. The van der Waals surface area contributed by atoms with Gasteiger partial charge < -0.3 is 15.4 Å². The van der Waals surface area contributed by atoms with Gasteiger partial charge in [0.25, 0.3) is 0 Å². The minimum atomic E-state index is -0.883. The molecular weight excluding hydrogens is 244 g/mol. The van der Waals surface area contributed by atoms with E-state index in [-0.39, 0.29) is 5.91 Å². The Kier molecular flexibility index (Phi) is 2.74. The molecule has 2 atom stereocenters. The number of carboxylic acids is 1. The van der Waals surface area contributed by atoms with Crippen LogP contribution in [-0.2, 0) is 9.59 Å². The zero-order valence-corrected chi connectivity index (χ0v) is 10.2. The first-order valence-electron chi connectivity index (χ1n) is 6.26. The number of amides is 1. The van der Waals surface area contributed by atoms with Crippen LogP contribution in [0.3, 0.4) is 0 Å². The molecule has 19 heavy (non-hydrogen) atoms. The Morgan fingerprint density at radius 1 is 1.21 bits per heavy atom. The van der Waals surface area contributed by atoms with E-state index >= 15 is 0 Å². The summed E-state index contributed by atoms with van der Waals surface area (Å²) in [4.78, 5) is 26.1. The largest absolute Gasteiger partial charge is 0.481 e. The number of aliphatic carboxylic acids is 1. The van der Waals surface area contributed by atoms with Gasteiger partial charge in [-0.1, -0.05) is 6.07 Å². The highest BCUT2D eigenvalue weighted by Gasteiger charge is 2.41. The maximum atomic E-state index is 12.1. The van der Waals surface area contributed by atoms with E-state index in [0.717, 1.165) is 16.6 Å². The molecule has 1 amide bonds. The Bertz CT molecular complexity index is 647. The molecule has 0 spiro atoms. The predicted molar refractivity (Wildman–Crippen MR) is 70.8 cm³/mol. The summed E-state index contributed by atoms with van der Waals surface area (Å²) in [5.74, 6) is -2.03. The molecule has 1 heterocycles. The van der Waals surface area contributed by atoms with Gasteiger partial charge in [-0.2, -0.15) is 0 Å². The number of hydrogen-bond donors (Lipinski definition) is 3. The van der Waals surface area contributed by atoms with Crippen LogP contribution < -0.4 is 5.32 Å². The number of H-pyrrole nitrogens is 1. The second-order valence-corrected chi connectivity index (χ2v) is 4.86. The zero-order chi connectivity index (χ0) is 13.4. The Balaban J connectivity index is 1.80. The number of carbonyl (C=O) groups excluding carboxylic acids is 1. The van der Waals surface area contributed by atoms with Gasteiger partial charge >= 0.3 is 5.97 Å². The summed E-state index contributed by atoms with van der Waals surface area (Å²) in [6, 6.07) is 7.49. The lowest BCUT2D eigenvalue weighted by atomic mass is 9.73. The number of rotatable bonds is 3. The molecule has 1 saturated carbocycles. The fourth-order valence-electron chi connectivity index (χ4n) is 2.53.